The van der Waals surface area contributed by atoms with Crippen molar-refractivity contribution in [1.29, 1.82) is 0 Å². The monoisotopic (exact) mass is 289 g/mol. The van der Waals surface area contributed by atoms with E-state index in [1.807, 2.05) is 0 Å². The van der Waals surface area contributed by atoms with Crippen LogP contribution in [-0.4, -0.2) is 26.2 Å². The molecular weight excluding hydrogens is 268 g/mol. The van der Waals surface area contributed by atoms with E-state index in [9.17, 15) is 0 Å². The molecule has 0 atom stereocenters. The summed E-state index contributed by atoms with van der Waals surface area (Å²) in [4.78, 5) is 0. The van der Waals surface area contributed by atoms with Gasteiger partial charge in [0.2, 0.25) is 0 Å². The third-order valence-corrected chi connectivity index (χ3v) is 1.37. The van der Waals surface area contributed by atoms with Crippen LogP contribution in [0.1, 0.15) is 19.3 Å². The topological polar surface area (TPSA) is 64.1 Å². The molecule has 94 valence electrons. The minimum absolute atomic E-state index is 0. The van der Waals surface area contributed by atoms with E-state index < -0.39 is 0 Å². The van der Waals surface area contributed by atoms with E-state index in [1.165, 1.54) is 6.42 Å². The number of nitrogens with one attached hydrogen (secondary N) is 1. The van der Waals surface area contributed by atoms with Crippen LogP contribution in [0.25, 0.3) is 0 Å². The van der Waals surface area contributed by atoms with E-state index in [2.05, 4.69) is 5.32 Å². The van der Waals surface area contributed by atoms with Gasteiger partial charge in [-0.25, -0.2) is 0 Å². The molecule has 0 aromatic carbocycles. The first-order valence-corrected chi connectivity index (χ1v) is 4.02. The summed E-state index contributed by atoms with van der Waals surface area (Å²) in [5, 5.41) is 3.29. The molecule has 0 spiro atoms. The lowest BCUT2D eigenvalue weighted by Crippen LogP contribution is -2.19. The zero-order valence-corrected chi connectivity index (χ0v) is 11.5. The number of rotatable bonds is 7. The summed E-state index contributed by atoms with van der Waals surface area (Å²) in [5.41, 5.74) is 10.6. The molecule has 14 heavy (non-hydrogen) atoms. The van der Waals surface area contributed by atoms with Crippen LogP contribution in [0.4, 0.5) is 0 Å². The molecule has 0 aliphatic carbocycles. The number of nitrogens with two attached hydrogens (primary N) is 2. The maximum atomic E-state index is 5.32. The number of hydrogen-bond acceptors (Lipinski definition) is 3. The molecule has 0 amide bonds. The highest BCUT2D eigenvalue weighted by atomic mass is 35.5. The smallest absolute Gasteiger partial charge is 0.00369 e. The second-order valence-electron chi connectivity index (χ2n) is 2.39. The van der Waals surface area contributed by atoms with E-state index in [0.29, 0.717) is 0 Å². The van der Waals surface area contributed by atoms with Crippen LogP contribution in [0.15, 0.2) is 0 Å². The van der Waals surface area contributed by atoms with E-state index >= 15 is 0 Å². The van der Waals surface area contributed by atoms with Gasteiger partial charge >= 0.3 is 0 Å². The standard InChI is InChI=1S/C7H19N3.4ClH/c8-4-1-2-6-10-7-3-5-9;;;;/h10H,1-9H2;4*1H. The quantitative estimate of drug-likeness (QED) is 0.620. The van der Waals surface area contributed by atoms with Gasteiger partial charge in [-0.3, -0.25) is 0 Å². The third-order valence-electron chi connectivity index (χ3n) is 1.37. The summed E-state index contributed by atoms with van der Waals surface area (Å²) in [6.07, 6.45) is 3.37. The van der Waals surface area contributed by atoms with Crippen LogP contribution < -0.4 is 16.8 Å². The molecule has 0 fully saturated rings. The van der Waals surface area contributed by atoms with Gasteiger partial charge in [-0.2, -0.15) is 0 Å². The average molecular weight is 291 g/mol. The van der Waals surface area contributed by atoms with E-state index in [-0.39, 0.29) is 49.6 Å². The predicted octanol–water partition coefficient (Wildman–Crippen LogP) is 1.35. The summed E-state index contributed by atoms with van der Waals surface area (Å²) in [6, 6.07) is 0. The Kier molecular flexibility index (Phi) is 61.4. The first-order valence-electron chi connectivity index (χ1n) is 4.02. The van der Waals surface area contributed by atoms with Crippen LogP contribution in [0.3, 0.4) is 0 Å². The lowest BCUT2D eigenvalue weighted by molar-refractivity contribution is 0.611. The maximum absolute atomic E-state index is 5.32. The Balaban J connectivity index is -0.0000000675. The lowest BCUT2D eigenvalue weighted by Gasteiger charge is -2.01. The van der Waals surface area contributed by atoms with Gasteiger partial charge in [-0.1, -0.05) is 0 Å². The SMILES string of the molecule is Cl.Cl.Cl.Cl.NCCCCNCCCN. The van der Waals surface area contributed by atoms with E-state index in [0.717, 1.165) is 39.0 Å². The average Bonchev–Trinajstić information content (AvgIpc) is 1.97. The van der Waals surface area contributed by atoms with E-state index in [1.54, 1.807) is 0 Å². The zero-order valence-electron chi connectivity index (χ0n) is 8.24. The Labute approximate surface area is 112 Å². The van der Waals surface area contributed by atoms with Crippen molar-refractivity contribution in [3.8, 4) is 0 Å². The molecular formula is C7H23Cl4N3. The third kappa shape index (κ3) is 29.2. The first-order chi connectivity index (χ1) is 4.91. The van der Waals surface area contributed by atoms with Gasteiger partial charge in [-0.05, 0) is 45.4 Å². The molecule has 0 saturated carbocycles. The number of unbranched alkanes of at least 4 members (excludes halogenated alkanes) is 1. The molecule has 0 rings (SSSR count). The summed E-state index contributed by atoms with van der Waals surface area (Å²) in [6.45, 7) is 3.71. The van der Waals surface area contributed by atoms with Crippen molar-refractivity contribution in [3.63, 3.8) is 0 Å². The fourth-order valence-electron chi connectivity index (χ4n) is 0.746. The van der Waals surface area contributed by atoms with Crippen LogP contribution in [0.2, 0.25) is 0 Å². The van der Waals surface area contributed by atoms with Gasteiger partial charge < -0.3 is 16.8 Å². The summed E-state index contributed by atoms with van der Waals surface area (Å²) < 4.78 is 0. The van der Waals surface area contributed by atoms with Gasteiger partial charge in [0.25, 0.3) is 0 Å². The normalized spacial score (nSPS) is 7.29. The highest BCUT2D eigenvalue weighted by molar-refractivity contribution is 5.86. The fraction of sp³-hybridized carbons (Fsp3) is 1.00. The molecule has 3 nitrogen and oxygen atoms in total. The highest BCUT2D eigenvalue weighted by Crippen LogP contribution is 1.81. The van der Waals surface area contributed by atoms with Crippen molar-refractivity contribution in [3.05, 3.63) is 0 Å². The minimum atomic E-state index is 0. The molecule has 0 bridgehead atoms. The molecule has 0 saturated heterocycles. The van der Waals surface area contributed by atoms with Crippen molar-refractivity contribution >= 4 is 49.6 Å². The molecule has 0 radical (unpaired) electrons. The molecule has 0 heterocycles. The molecule has 0 aliphatic rings. The zero-order chi connectivity index (χ0) is 7.66. The number of hydrogen-bond donors (Lipinski definition) is 3. The van der Waals surface area contributed by atoms with Gasteiger partial charge in [0, 0.05) is 0 Å². The Morgan fingerprint density at radius 3 is 1.50 bits per heavy atom. The van der Waals surface area contributed by atoms with Gasteiger partial charge in [0.15, 0.2) is 0 Å². The fourth-order valence-corrected chi connectivity index (χ4v) is 0.746. The maximum Gasteiger partial charge on any atom is -0.00369 e. The minimum Gasteiger partial charge on any atom is -0.330 e. The second-order valence-corrected chi connectivity index (χ2v) is 2.39. The summed E-state index contributed by atoms with van der Waals surface area (Å²) >= 11 is 0. The van der Waals surface area contributed by atoms with Crippen molar-refractivity contribution in [1.82, 2.24) is 5.32 Å². The Hall–Kier alpha value is 1.04. The Bertz CT molecular complexity index is 60.9. The van der Waals surface area contributed by atoms with Crippen LogP contribution in [0.5, 0.6) is 0 Å². The van der Waals surface area contributed by atoms with Crippen LogP contribution >= 0.6 is 49.6 Å². The molecule has 0 unspecified atom stereocenters. The van der Waals surface area contributed by atoms with Crippen molar-refractivity contribution in [2.75, 3.05) is 26.2 Å². The molecule has 5 N–H and O–H groups in total. The second kappa shape index (κ2) is 29.2. The van der Waals surface area contributed by atoms with Gasteiger partial charge in [-0.15, -0.1) is 49.6 Å². The van der Waals surface area contributed by atoms with Gasteiger partial charge in [0.1, 0.15) is 0 Å². The Morgan fingerprint density at radius 1 is 0.643 bits per heavy atom. The van der Waals surface area contributed by atoms with Crippen molar-refractivity contribution in [2.24, 2.45) is 11.5 Å². The van der Waals surface area contributed by atoms with Gasteiger partial charge in [0.05, 0.1) is 0 Å². The Morgan fingerprint density at radius 2 is 1.07 bits per heavy atom. The molecule has 0 aromatic rings. The lowest BCUT2D eigenvalue weighted by atomic mass is 10.3. The highest BCUT2D eigenvalue weighted by Gasteiger charge is 1.85. The summed E-state index contributed by atoms with van der Waals surface area (Å²) in [5.74, 6) is 0. The van der Waals surface area contributed by atoms with Crippen molar-refractivity contribution < 1.29 is 0 Å². The van der Waals surface area contributed by atoms with Crippen LogP contribution in [-0.2, 0) is 0 Å². The molecule has 0 aliphatic heterocycles. The molecule has 0 aromatic heterocycles. The first kappa shape index (κ1) is 29.4. The largest absolute Gasteiger partial charge is 0.330 e. The predicted molar refractivity (Wildman–Crippen MR) is 73.8 cm³/mol. The summed E-state index contributed by atoms with van der Waals surface area (Å²) in [7, 11) is 0. The van der Waals surface area contributed by atoms with Crippen LogP contribution in [0, 0.1) is 0 Å². The number of halogens is 4. The van der Waals surface area contributed by atoms with E-state index in [4.69, 9.17) is 11.5 Å². The molecule has 7 heteroatoms. The van der Waals surface area contributed by atoms with Crippen molar-refractivity contribution in [2.45, 2.75) is 19.3 Å².